The van der Waals surface area contributed by atoms with Crippen LogP contribution >= 0.6 is 11.8 Å². The Morgan fingerprint density at radius 1 is 1.19 bits per heavy atom. The number of amidine groups is 1. The van der Waals surface area contributed by atoms with Gasteiger partial charge in [-0.05, 0) is 86.1 Å². The number of carbonyl (C=O) groups excluding carboxylic acids is 2. The Morgan fingerprint density at radius 2 is 1.90 bits per heavy atom. The van der Waals surface area contributed by atoms with Crippen LogP contribution in [0, 0.1) is 6.92 Å². The van der Waals surface area contributed by atoms with Gasteiger partial charge in [-0.2, -0.15) is 0 Å². The Labute approximate surface area is 184 Å². The first-order valence-corrected chi connectivity index (χ1v) is 10.8. The topological polar surface area (TPSA) is 77.4 Å². The van der Waals surface area contributed by atoms with Crippen molar-refractivity contribution in [3.05, 3.63) is 58.0 Å². The van der Waals surface area contributed by atoms with Crippen LogP contribution in [0.4, 0.5) is 5.69 Å². The molecule has 0 atom stereocenters. The van der Waals surface area contributed by atoms with Gasteiger partial charge in [0.1, 0.15) is 0 Å². The van der Waals surface area contributed by atoms with E-state index in [1.807, 2.05) is 32.1 Å². The number of hydrogen-bond acceptors (Lipinski definition) is 7. The van der Waals surface area contributed by atoms with Crippen LogP contribution in [0.3, 0.4) is 0 Å². The van der Waals surface area contributed by atoms with Gasteiger partial charge in [-0.25, -0.2) is 9.79 Å². The smallest absolute Gasteiger partial charge is 0.338 e. The maximum absolute atomic E-state index is 12.9. The predicted octanol–water partition coefficient (Wildman–Crippen LogP) is 4.52. The summed E-state index contributed by atoms with van der Waals surface area (Å²) in [6.45, 7) is 6.68. The summed E-state index contributed by atoms with van der Waals surface area (Å²) in [5, 5.41) is 0.598. The lowest BCUT2D eigenvalue weighted by molar-refractivity contribution is -0.122. The molecule has 2 aromatic rings. The van der Waals surface area contributed by atoms with Crippen molar-refractivity contribution >= 4 is 40.6 Å². The van der Waals surface area contributed by atoms with Crippen LogP contribution < -0.4 is 9.47 Å². The highest BCUT2D eigenvalue weighted by atomic mass is 32.2. The molecule has 31 heavy (non-hydrogen) atoms. The number of thioether (sulfide) groups is 1. The summed E-state index contributed by atoms with van der Waals surface area (Å²) in [5.41, 5.74) is 3.01. The number of aliphatic imine (C=N–C) groups is 1. The summed E-state index contributed by atoms with van der Waals surface area (Å²) in [6.07, 6.45) is 1.86. The van der Waals surface area contributed by atoms with Gasteiger partial charge in [-0.3, -0.25) is 9.69 Å². The van der Waals surface area contributed by atoms with Crippen LogP contribution in [-0.4, -0.2) is 41.9 Å². The fourth-order valence-corrected chi connectivity index (χ4v) is 4.28. The summed E-state index contributed by atoms with van der Waals surface area (Å²) >= 11 is 1.33. The molecule has 2 aliphatic heterocycles. The third kappa shape index (κ3) is 4.29. The van der Waals surface area contributed by atoms with Crippen molar-refractivity contribution in [2.24, 2.45) is 4.99 Å². The third-order valence-electron chi connectivity index (χ3n) is 4.86. The first-order chi connectivity index (χ1) is 15.0. The van der Waals surface area contributed by atoms with Crippen molar-refractivity contribution in [3.8, 4) is 11.5 Å². The molecule has 8 heteroatoms. The third-order valence-corrected chi connectivity index (χ3v) is 5.86. The summed E-state index contributed by atoms with van der Waals surface area (Å²) in [5.74, 6) is 0.933. The fourth-order valence-electron chi connectivity index (χ4n) is 3.22. The second-order valence-corrected chi connectivity index (χ2v) is 7.89. The molecular formula is C23H22N2O5S. The number of hydrogen-bond donors (Lipinski definition) is 0. The quantitative estimate of drug-likeness (QED) is 0.504. The SMILES string of the molecule is CCOC(=O)c1ccc(N=C2SC(=Cc3cc4c(cc3C)OCO4)C(=O)N2CC)cc1. The second kappa shape index (κ2) is 8.85. The van der Waals surface area contributed by atoms with Gasteiger partial charge < -0.3 is 14.2 Å². The second-order valence-electron chi connectivity index (χ2n) is 6.88. The van der Waals surface area contributed by atoms with Crippen molar-refractivity contribution in [2.45, 2.75) is 20.8 Å². The largest absolute Gasteiger partial charge is 0.462 e. The highest BCUT2D eigenvalue weighted by Crippen LogP contribution is 2.38. The van der Waals surface area contributed by atoms with E-state index in [2.05, 4.69) is 4.99 Å². The Morgan fingerprint density at radius 3 is 2.58 bits per heavy atom. The van der Waals surface area contributed by atoms with Crippen molar-refractivity contribution in [1.82, 2.24) is 4.90 Å². The van der Waals surface area contributed by atoms with Crippen LogP contribution in [0.5, 0.6) is 11.5 Å². The number of likely N-dealkylation sites (N-methyl/N-ethyl adjacent to an activating group) is 1. The monoisotopic (exact) mass is 438 g/mol. The van der Waals surface area contributed by atoms with Gasteiger partial charge in [0.2, 0.25) is 6.79 Å². The van der Waals surface area contributed by atoms with Crippen LogP contribution in [0.15, 0.2) is 46.3 Å². The van der Waals surface area contributed by atoms with E-state index in [0.29, 0.717) is 46.0 Å². The first-order valence-electron chi connectivity index (χ1n) is 9.97. The molecule has 2 aliphatic rings. The number of rotatable bonds is 5. The average molecular weight is 439 g/mol. The highest BCUT2D eigenvalue weighted by molar-refractivity contribution is 8.18. The Balaban J connectivity index is 1.60. The van der Waals surface area contributed by atoms with E-state index in [1.54, 1.807) is 36.1 Å². The van der Waals surface area contributed by atoms with Crippen LogP contribution in [0.1, 0.15) is 35.3 Å². The van der Waals surface area contributed by atoms with Gasteiger partial charge in [0.15, 0.2) is 16.7 Å². The van der Waals surface area contributed by atoms with E-state index in [1.165, 1.54) is 11.8 Å². The van der Waals surface area contributed by atoms with E-state index < -0.39 is 0 Å². The number of nitrogens with zero attached hydrogens (tertiary/aromatic N) is 2. The van der Waals surface area contributed by atoms with E-state index in [-0.39, 0.29) is 18.7 Å². The molecule has 4 rings (SSSR count). The molecule has 0 spiro atoms. The molecule has 1 saturated heterocycles. The molecule has 2 heterocycles. The van der Waals surface area contributed by atoms with E-state index >= 15 is 0 Å². The van der Waals surface area contributed by atoms with E-state index in [4.69, 9.17) is 14.2 Å². The number of aryl methyl sites for hydroxylation is 1. The maximum Gasteiger partial charge on any atom is 0.338 e. The zero-order valence-electron chi connectivity index (χ0n) is 17.5. The summed E-state index contributed by atoms with van der Waals surface area (Å²) < 4.78 is 15.9. The molecule has 160 valence electrons. The summed E-state index contributed by atoms with van der Waals surface area (Å²) in [7, 11) is 0. The zero-order chi connectivity index (χ0) is 22.0. The molecule has 0 aliphatic carbocycles. The minimum Gasteiger partial charge on any atom is -0.462 e. The van der Waals surface area contributed by atoms with Gasteiger partial charge in [0.25, 0.3) is 5.91 Å². The van der Waals surface area contributed by atoms with Crippen molar-refractivity contribution in [2.75, 3.05) is 19.9 Å². The van der Waals surface area contributed by atoms with Gasteiger partial charge in [-0.15, -0.1) is 0 Å². The summed E-state index contributed by atoms with van der Waals surface area (Å²) in [4.78, 5) is 31.6. The molecule has 0 N–H and O–H groups in total. The lowest BCUT2D eigenvalue weighted by Crippen LogP contribution is -2.28. The number of esters is 1. The number of benzene rings is 2. The number of ether oxygens (including phenoxy) is 3. The Kier molecular flexibility index (Phi) is 5.99. The van der Waals surface area contributed by atoms with Gasteiger partial charge in [0.05, 0.1) is 22.8 Å². The lowest BCUT2D eigenvalue weighted by atomic mass is 10.1. The molecule has 2 aromatic carbocycles. The molecular weight excluding hydrogens is 416 g/mol. The molecule has 0 saturated carbocycles. The number of fused-ring (bicyclic) bond motifs is 1. The first kappa shape index (κ1) is 21.0. The van der Waals surface area contributed by atoms with Gasteiger partial charge in [-0.1, -0.05) is 0 Å². The van der Waals surface area contributed by atoms with Crippen molar-refractivity contribution < 1.29 is 23.8 Å². The molecule has 1 fully saturated rings. The fraction of sp³-hybridized carbons (Fsp3) is 0.261. The Bertz CT molecular complexity index is 1090. The summed E-state index contributed by atoms with van der Waals surface area (Å²) in [6, 6.07) is 10.6. The zero-order valence-corrected chi connectivity index (χ0v) is 18.3. The molecule has 0 aromatic heterocycles. The predicted molar refractivity (Wildman–Crippen MR) is 120 cm³/mol. The van der Waals surface area contributed by atoms with Crippen LogP contribution in [-0.2, 0) is 9.53 Å². The lowest BCUT2D eigenvalue weighted by Gasteiger charge is -2.12. The molecule has 0 bridgehead atoms. The number of amides is 1. The van der Waals surface area contributed by atoms with E-state index in [9.17, 15) is 9.59 Å². The normalized spacial score (nSPS) is 17.6. The van der Waals surface area contributed by atoms with Crippen LogP contribution in [0.25, 0.3) is 6.08 Å². The van der Waals surface area contributed by atoms with Gasteiger partial charge >= 0.3 is 5.97 Å². The van der Waals surface area contributed by atoms with Crippen molar-refractivity contribution in [1.29, 1.82) is 0 Å². The molecule has 1 amide bonds. The standard InChI is InChI=1S/C23H22N2O5S/c1-4-25-21(26)20(12-16-11-19-18(10-14(16)3)29-13-30-19)31-23(25)24-17-8-6-15(7-9-17)22(27)28-5-2/h6-12H,4-5,13H2,1-3H3. The molecule has 0 radical (unpaired) electrons. The minimum absolute atomic E-state index is 0.0912. The molecule has 0 unspecified atom stereocenters. The molecule has 7 nitrogen and oxygen atoms in total. The van der Waals surface area contributed by atoms with Crippen molar-refractivity contribution in [3.63, 3.8) is 0 Å². The minimum atomic E-state index is -0.369. The van der Waals surface area contributed by atoms with Crippen LogP contribution in [0.2, 0.25) is 0 Å². The van der Waals surface area contributed by atoms with Gasteiger partial charge in [0, 0.05) is 6.54 Å². The number of carbonyl (C=O) groups is 2. The highest BCUT2D eigenvalue weighted by Gasteiger charge is 2.32. The Hall–Kier alpha value is -3.26. The van der Waals surface area contributed by atoms with E-state index in [0.717, 1.165) is 11.1 Å². The average Bonchev–Trinajstić information content (AvgIpc) is 3.32. The maximum atomic E-state index is 12.9.